The number of hydrogen-bond donors (Lipinski definition) is 3. The Morgan fingerprint density at radius 2 is 1.45 bits per heavy atom. The summed E-state index contributed by atoms with van der Waals surface area (Å²) in [6, 6.07) is 4.79. The Morgan fingerprint density at radius 1 is 0.871 bits per heavy atom. The highest BCUT2D eigenvalue weighted by atomic mass is 16.3. The molecule has 0 aliphatic heterocycles. The van der Waals surface area contributed by atoms with Crippen molar-refractivity contribution in [2.45, 2.75) is 116 Å². The van der Waals surface area contributed by atoms with Gasteiger partial charge in [0, 0.05) is 12.5 Å². The number of hydrogen-bond acceptors (Lipinski definition) is 3. The van der Waals surface area contributed by atoms with Crippen LogP contribution in [0, 0.1) is 0 Å². The molecule has 0 aliphatic rings. The van der Waals surface area contributed by atoms with Crippen molar-refractivity contribution in [3.05, 3.63) is 35.9 Å². The largest absolute Gasteiger partial charge is 0.504 e. The molecule has 0 aromatic heterocycles. The quantitative estimate of drug-likeness (QED) is 0.131. The Labute approximate surface area is 190 Å². The smallest absolute Gasteiger partial charge is 0.220 e. The van der Waals surface area contributed by atoms with Crippen molar-refractivity contribution < 1.29 is 15.0 Å². The number of aromatic hydroxyl groups is 2. The van der Waals surface area contributed by atoms with Gasteiger partial charge in [0.25, 0.3) is 0 Å². The first-order valence-corrected chi connectivity index (χ1v) is 12.5. The number of unbranched alkanes of at least 4 members (excludes halogenated alkanes) is 11. The highest BCUT2D eigenvalue weighted by Gasteiger charge is 2.09. The molecule has 0 spiro atoms. The molecule has 0 fully saturated rings. The van der Waals surface area contributed by atoms with Crippen LogP contribution in [-0.4, -0.2) is 22.2 Å². The zero-order valence-corrected chi connectivity index (χ0v) is 19.9. The number of phenolic OH excluding ortho intramolecular Hbond substituents is 2. The minimum Gasteiger partial charge on any atom is -0.504 e. The maximum atomic E-state index is 12.1. The molecule has 1 rings (SSSR count). The van der Waals surface area contributed by atoms with Crippen LogP contribution >= 0.6 is 0 Å². The number of nitrogens with one attached hydrogen (secondary N) is 1. The van der Waals surface area contributed by atoms with E-state index in [4.69, 9.17) is 0 Å². The molecular weight excluding hydrogens is 386 g/mol. The fraction of sp³-hybridized carbons (Fsp3) is 0.667. The summed E-state index contributed by atoms with van der Waals surface area (Å²) in [5.74, 6) is -0.151. The number of phenols is 2. The highest BCUT2D eigenvalue weighted by Crippen LogP contribution is 2.25. The third kappa shape index (κ3) is 14.6. The van der Waals surface area contributed by atoms with Crippen LogP contribution in [-0.2, 0) is 11.2 Å². The Kier molecular flexibility index (Phi) is 15.4. The molecule has 1 unspecified atom stereocenters. The monoisotopic (exact) mass is 431 g/mol. The zero-order valence-electron chi connectivity index (χ0n) is 19.9. The van der Waals surface area contributed by atoms with E-state index in [0.29, 0.717) is 12.8 Å². The minimum absolute atomic E-state index is 0.000398. The van der Waals surface area contributed by atoms with Gasteiger partial charge < -0.3 is 15.5 Å². The standard InChI is InChI=1S/C27H45NO3/c1-3-4-5-6-7-8-9-10-11-12-13-14-15-16-17-18-27(31)28-23(2)21-24-19-20-25(29)26(30)22-24/h10-11,19-20,22-23,29-30H,3-9,12-18,21H2,1-2H3,(H,28,31). The SMILES string of the molecule is CCCCCCCCC=CCCCCCCCC(=O)NC(C)Cc1ccc(O)c(O)c1. The number of allylic oxidation sites excluding steroid dienone is 2. The maximum absolute atomic E-state index is 12.1. The molecule has 4 nitrogen and oxygen atoms in total. The highest BCUT2D eigenvalue weighted by molar-refractivity contribution is 5.76. The van der Waals surface area contributed by atoms with Gasteiger partial charge in [-0.15, -0.1) is 0 Å². The lowest BCUT2D eigenvalue weighted by atomic mass is 10.1. The van der Waals surface area contributed by atoms with Gasteiger partial charge in [-0.25, -0.2) is 0 Å². The number of rotatable bonds is 18. The second-order valence-electron chi connectivity index (χ2n) is 8.83. The van der Waals surface area contributed by atoms with Gasteiger partial charge in [-0.05, 0) is 63.1 Å². The van der Waals surface area contributed by atoms with Crippen LogP contribution in [0.2, 0.25) is 0 Å². The summed E-state index contributed by atoms with van der Waals surface area (Å²) in [5.41, 5.74) is 0.893. The van der Waals surface area contributed by atoms with Gasteiger partial charge in [0.1, 0.15) is 0 Å². The number of carbonyl (C=O) groups excluding carboxylic acids is 1. The van der Waals surface area contributed by atoms with Crippen LogP contribution in [0.15, 0.2) is 30.4 Å². The molecule has 1 amide bonds. The Bertz CT molecular complexity index is 627. The Balaban J connectivity index is 1.95. The molecule has 1 aromatic rings. The molecule has 0 aliphatic carbocycles. The summed E-state index contributed by atoms with van der Waals surface area (Å²) >= 11 is 0. The number of amides is 1. The summed E-state index contributed by atoms with van der Waals surface area (Å²) in [4.78, 5) is 12.1. The van der Waals surface area contributed by atoms with Crippen LogP contribution in [0.5, 0.6) is 11.5 Å². The van der Waals surface area contributed by atoms with Crippen LogP contribution in [0.4, 0.5) is 0 Å². The van der Waals surface area contributed by atoms with Gasteiger partial charge in [-0.1, -0.05) is 76.5 Å². The lowest BCUT2D eigenvalue weighted by molar-refractivity contribution is -0.121. The molecule has 0 radical (unpaired) electrons. The van der Waals surface area contributed by atoms with E-state index >= 15 is 0 Å². The van der Waals surface area contributed by atoms with E-state index in [-0.39, 0.29) is 23.4 Å². The minimum atomic E-state index is -0.121. The molecule has 0 heterocycles. The molecule has 3 N–H and O–H groups in total. The summed E-state index contributed by atoms with van der Waals surface area (Å²) in [7, 11) is 0. The third-order valence-electron chi connectivity index (χ3n) is 5.65. The molecule has 1 atom stereocenters. The van der Waals surface area contributed by atoms with Crippen LogP contribution in [0.3, 0.4) is 0 Å². The van der Waals surface area contributed by atoms with E-state index in [0.717, 1.165) is 18.4 Å². The lowest BCUT2D eigenvalue weighted by Crippen LogP contribution is -2.33. The van der Waals surface area contributed by atoms with Crippen molar-refractivity contribution in [3.63, 3.8) is 0 Å². The summed E-state index contributed by atoms with van der Waals surface area (Å²) in [6.45, 7) is 4.22. The molecule has 0 saturated heterocycles. The van der Waals surface area contributed by atoms with Crippen LogP contribution in [0.25, 0.3) is 0 Å². The number of benzene rings is 1. The zero-order chi connectivity index (χ0) is 22.7. The fourth-order valence-corrected chi connectivity index (χ4v) is 3.80. The first kappa shape index (κ1) is 27.1. The second-order valence-corrected chi connectivity index (χ2v) is 8.83. The first-order valence-electron chi connectivity index (χ1n) is 12.5. The van der Waals surface area contributed by atoms with E-state index in [1.807, 2.05) is 6.92 Å². The first-order chi connectivity index (χ1) is 15.0. The van der Waals surface area contributed by atoms with E-state index in [1.165, 1.54) is 76.7 Å². The predicted octanol–water partition coefficient (Wildman–Crippen LogP) is 7.18. The van der Waals surface area contributed by atoms with Crippen molar-refractivity contribution in [1.29, 1.82) is 0 Å². The Hall–Kier alpha value is -1.97. The van der Waals surface area contributed by atoms with Gasteiger partial charge in [0.2, 0.25) is 5.91 Å². The van der Waals surface area contributed by atoms with Crippen molar-refractivity contribution >= 4 is 5.91 Å². The second kappa shape index (κ2) is 17.7. The molecular formula is C27H45NO3. The molecule has 0 saturated carbocycles. The molecule has 31 heavy (non-hydrogen) atoms. The van der Waals surface area contributed by atoms with Crippen molar-refractivity contribution in [2.75, 3.05) is 0 Å². The normalized spacial score (nSPS) is 12.3. The third-order valence-corrected chi connectivity index (χ3v) is 5.65. The van der Waals surface area contributed by atoms with Crippen LogP contribution < -0.4 is 5.32 Å². The summed E-state index contributed by atoms with van der Waals surface area (Å²) in [5, 5.41) is 21.9. The fourth-order valence-electron chi connectivity index (χ4n) is 3.80. The van der Waals surface area contributed by atoms with E-state index in [1.54, 1.807) is 12.1 Å². The number of carbonyl (C=O) groups is 1. The topological polar surface area (TPSA) is 69.6 Å². The molecule has 4 heteroatoms. The maximum Gasteiger partial charge on any atom is 0.220 e. The van der Waals surface area contributed by atoms with E-state index in [2.05, 4.69) is 24.4 Å². The Morgan fingerprint density at radius 3 is 2.06 bits per heavy atom. The van der Waals surface area contributed by atoms with E-state index in [9.17, 15) is 15.0 Å². The van der Waals surface area contributed by atoms with E-state index < -0.39 is 0 Å². The predicted molar refractivity (Wildman–Crippen MR) is 131 cm³/mol. The molecule has 176 valence electrons. The van der Waals surface area contributed by atoms with Crippen molar-refractivity contribution in [3.8, 4) is 11.5 Å². The molecule has 1 aromatic carbocycles. The molecule has 0 bridgehead atoms. The lowest BCUT2D eigenvalue weighted by Gasteiger charge is -2.14. The average molecular weight is 432 g/mol. The van der Waals surface area contributed by atoms with Gasteiger partial charge in [-0.2, -0.15) is 0 Å². The van der Waals surface area contributed by atoms with Crippen molar-refractivity contribution in [2.24, 2.45) is 0 Å². The average Bonchev–Trinajstić information content (AvgIpc) is 2.73. The van der Waals surface area contributed by atoms with Gasteiger partial charge in [-0.3, -0.25) is 4.79 Å². The van der Waals surface area contributed by atoms with Crippen molar-refractivity contribution in [1.82, 2.24) is 5.32 Å². The summed E-state index contributed by atoms with van der Waals surface area (Å²) < 4.78 is 0. The van der Waals surface area contributed by atoms with Gasteiger partial charge in [0.05, 0.1) is 0 Å². The van der Waals surface area contributed by atoms with Gasteiger partial charge in [0.15, 0.2) is 11.5 Å². The van der Waals surface area contributed by atoms with Gasteiger partial charge >= 0.3 is 0 Å². The van der Waals surface area contributed by atoms with Crippen LogP contribution in [0.1, 0.15) is 109 Å². The summed E-state index contributed by atoms with van der Waals surface area (Å²) in [6.07, 6.45) is 22.2.